The fourth-order valence-electron chi connectivity index (χ4n) is 3.68. The van der Waals surface area contributed by atoms with Crippen molar-refractivity contribution in [3.05, 3.63) is 91.6 Å². The first-order chi connectivity index (χ1) is 15.4. The topological polar surface area (TPSA) is 66.8 Å². The third-order valence-corrected chi connectivity index (χ3v) is 6.56. The first-order valence-corrected chi connectivity index (χ1v) is 11.5. The molecule has 164 valence electrons. The molecule has 4 rings (SSSR count). The van der Waals surface area contributed by atoms with Crippen LogP contribution < -0.4 is 4.74 Å². The number of aliphatic hydroxyl groups is 1. The second kappa shape index (κ2) is 9.36. The number of likely N-dealkylation sites (tertiary alicyclic amines) is 1. The summed E-state index contributed by atoms with van der Waals surface area (Å²) in [5, 5.41) is 14.0. The third kappa shape index (κ3) is 4.26. The van der Waals surface area contributed by atoms with Crippen molar-refractivity contribution in [3.63, 3.8) is 0 Å². The van der Waals surface area contributed by atoms with E-state index in [0.29, 0.717) is 33.5 Å². The minimum Gasteiger partial charge on any atom is -0.507 e. The molecule has 2 aromatic carbocycles. The number of halogens is 2. The average Bonchev–Trinajstić information content (AvgIpc) is 3.38. The van der Waals surface area contributed by atoms with Gasteiger partial charge in [-0.05, 0) is 54.3 Å². The van der Waals surface area contributed by atoms with Crippen LogP contribution in [0, 0.1) is 0 Å². The predicted molar refractivity (Wildman–Crippen MR) is 126 cm³/mol. The zero-order valence-corrected chi connectivity index (χ0v) is 19.4. The minimum atomic E-state index is -0.763. The number of rotatable bonds is 6. The summed E-state index contributed by atoms with van der Waals surface area (Å²) in [6.45, 7) is 2.45. The highest BCUT2D eigenvalue weighted by atomic mass is 35.5. The molecule has 1 unspecified atom stereocenters. The maximum Gasteiger partial charge on any atom is 0.295 e. The summed E-state index contributed by atoms with van der Waals surface area (Å²) in [5.74, 6) is -1.31. The lowest BCUT2D eigenvalue weighted by atomic mass is 9.95. The molecule has 0 spiro atoms. The van der Waals surface area contributed by atoms with Crippen molar-refractivity contribution in [1.29, 1.82) is 0 Å². The van der Waals surface area contributed by atoms with E-state index in [9.17, 15) is 14.7 Å². The molecule has 1 aliphatic heterocycles. The molecule has 1 aromatic heterocycles. The molecule has 1 saturated heterocycles. The number of ether oxygens (including phenoxy) is 1. The van der Waals surface area contributed by atoms with Gasteiger partial charge in [0, 0.05) is 15.5 Å². The standard InChI is InChI=1S/C24H19Cl2NO4S/c1-2-31-19-12-15(7-10-18(19)26)22(28)20-21(14-5-8-16(25)9-6-14)27(24(30)23(20)29)13-17-4-3-11-32-17/h3-12,21,28H,2,13H2,1H3/b22-20-. The van der Waals surface area contributed by atoms with E-state index in [0.717, 1.165) is 4.88 Å². The van der Waals surface area contributed by atoms with Crippen molar-refractivity contribution >= 4 is 52.0 Å². The smallest absolute Gasteiger partial charge is 0.295 e. The molecule has 3 aromatic rings. The van der Waals surface area contributed by atoms with Crippen molar-refractivity contribution in [3.8, 4) is 5.75 Å². The van der Waals surface area contributed by atoms with Gasteiger partial charge in [-0.1, -0.05) is 41.4 Å². The second-order valence-electron chi connectivity index (χ2n) is 7.14. The van der Waals surface area contributed by atoms with E-state index in [1.165, 1.54) is 16.2 Å². The summed E-state index contributed by atoms with van der Waals surface area (Å²) < 4.78 is 5.51. The largest absolute Gasteiger partial charge is 0.507 e. The van der Waals surface area contributed by atoms with Gasteiger partial charge >= 0.3 is 0 Å². The Morgan fingerprint density at radius 3 is 2.53 bits per heavy atom. The van der Waals surface area contributed by atoms with Gasteiger partial charge in [-0.3, -0.25) is 9.59 Å². The summed E-state index contributed by atoms with van der Waals surface area (Å²) in [6, 6.07) is 14.6. The number of aliphatic hydroxyl groups excluding tert-OH is 1. The maximum absolute atomic E-state index is 13.1. The van der Waals surface area contributed by atoms with Crippen molar-refractivity contribution in [2.75, 3.05) is 6.61 Å². The number of carbonyl (C=O) groups excluding carboxylic acids is 2. The molecule has 1 aliphatic rings. The first kappa shape index (κ1) is 22.4. The van der Waals surface area contributed by atoms with Crippen LogP contribution in [0.15, 0.2) is 65.6 Å². The zero-order chi connectivity index (χ0) is 22.8. The lowest BCUT2D eigenvalue weighted by molar-refractivity contribution is -0.140. The lowest BCUT2D eigenvalue weighted by Gasteiger charge is -2.25. The van der Waals surface area contributed by atoms with E-state index >= 15 is 0 Å². The van der Waals surface area contributed by atoms with E-state index in [-0.39, 0.29) is 17.9 Å². The molecule has 8 heteroatoms. The van der Waals surface area contributed by atoms with Gasteiger partial charge in [0.2, 0.25) is 0 Å². The number of hydrogen-bond donors (Lipinski definition) is 1. The molecule has 0 bridgehead atoms. The molecule has 0 saturated carbocycles. The molecular weight excluding hydrogens is 469 g/mol. The highest BCUT2D eigenvalue weighted by molar-refractivity contribution is 7.09. The number of thiophene rings is 1. The zero-order valence-electron chi connectivity index (χ0n) is 17.0. The fraction of sp³-hybridized carbons (Fsp3) is 0.167. The molecule has 1 fully saturated rings. The van der Waals surface area contributed by atoms with Gasteiger partial charge in [0.1, 0.15) is 11.5 Å². The number of benzene rings is 2. The van der Waals surface area contributed by atoms with Crippen LogP contribution in [0.4, 0.5) is 0 Å². The Hall–Kier alpha value is -2.80. The van der Waals surface area contributed by atoms with Crippen LogP contribution >= 0.6 is 34.5 Å². The van der Waals surface area contributed by atoms with Gasteiger partial charge in [-0.15, -0.1) is 11.3 Å². The summed E-state index contributed by atoms with van der Waals surface area (Å²) in [6.07, 6.45) is 0. The van der Waals surface area contributed by atoms with Crippen molar-refractivity contribution in [2.24, 2.45) is 0 Å². The van der Waals surface area contributed by atoms with Crippen LogP contribution in [0.1, 0.15) is 29.0 Å². The summed E-state index contributed by atoms with van der Waals surface area (Å²) in [4.78, 5) is 28.5. The summed E-state index contributed by atoms with van der Waals surface area (Å²) >= 11 is 13.7. The van der Waals surface area contributed by atoms with Crippen LogP contribution in [0.25, 0.3) is 5.76 Å². The van der Waals surface area contributed by atoms with Crippen LogP contribution in [-0.2, 0) is 16.1 Å². The summed E-state index contributed by atoms with van der Waals surface area (Å²) in [5.41, 5.74) is 1.02. The quantitative estimate of drug-likeness (QED) is 0.260. The third-order valence-electron chi connectivity index (χ3n) is 5.14. The number of carbonyl (C=O) groups is 2. The molecule has 1 atom stereocenters. The van der Waals surface area contributed by atoms with E-state index in [1.807, 2.05) is 24.4 Å². The van der Waals surface area contributed by atoms with Gasteiger partial charge in [-0.25, -0.2) is 0 Å². The Morgan fingerprint density at radius 1 is 1.12 bits per heavy atom. The minimum absolute atomic E-state index is 0.0126. The van der Waals surface area contributed by atoms with Gasteiger partial charge in [0.15, 0.2) is 0 Å². The molecule has 1 N–H and O–H groups in total. The molecule has 0 radical (unpaired) electrons. The number of nitrogens with zero attached hydrogens (tertiary/aromatic N) is 1. The molecule has 2 heterocycles. The first-order valence-electron chi connectivity index (χ1n) is 9.89. The second-order valence-corrected chi connectivity index (χ2v) is 9.01. The van der Waals surface area contributed by atoms with E-state index in [1.54, 1.807) is 42.5 Å². The number of hydrogen-bond acceptors (Lipinski definition) is 5. The van der Waals surface area contributed by atoms with Gasteiger partial charge < -0.3 is 14.7 Å². The van der Waals surface area contributed by atoms with E-state index in [2.05, 4.69) is 0 Å². The Balaban J connectivity index is 1.86. The van der Waals surface area contributed by atoms with Crippen LogP contribution in [0.2, 0.25) is 10.0 Å². The van der Waals surface area contributed by atoms with Gasteiger partial charge in [0.05, 0.1) is 29.8 Å². The lowest BCUT2D eigenvalue weighted by Crippen LogP contribution is -2.28. The number of ketones is 1. The molecule has 5 nitrogen and oxygen atoms in total. The van der Waals surface area contributed by atoms with E-state index in [4.69, 9.17) is 27.9 Å². The van der Waals surface area contributed by atoms with Crippen LogP contribution in [0.5, 0.6) is 5.75 Å². The van der Waals surface area contributed by atoms with Gasteiger partial charge in [-0.2, -0.15) is 0 Å². The molecule has 32 heavy (non-hydrogen) atoms. The number of amides is 1. The maximum atomic E-state index is 13.1. The number of Topliss-reactive ketones (excluding diaryl/α,β-unsaturated/α-hetero) is 1. The molecule has 0 aliphatic carbocycles. The summed E-state index contributed by atoms with van der Waals surface area (Å²) in [7, 11) is 0. The van der Waals surface area contributed by atoms with Crippen LogP contribution in [-0.4, -0.2) is 28.3 Å². The Labute approximate surface area is 199 Å². The molecule has 1 amide bonds. The normalized spacial score (nSPS) is 17.7. The SMILES string of the molecule is CCOc1cc(/C(O)=C2/C(=O)C(=O)N(Cc3cccs3)C2c2ccc(Cl)cc2)ccc1Cl. The fourth-order valence-corrected chi connectivity index (χ4v) is 4.68. The van der Waals surface area contributed by atoms with Crippen LogP contribution in [0.3, 0.4) is 0 Å². The average molecular weight is 488 g/mol. The highest BCUT2D eigenvalue weighted by Crippen LogP contribution is 2.41. The van der Waals surface area contributed by atoms with Crippen molar-refractivity contribution in [2.45, 2.75) is 19.5 Å². The van der Waals surface area contributed by atoms with Crippen molar-refractivity contribution in [1.82, 2.24) is 4.90 Å². The Morgan fingerprint density at radius 2 is 1.88 bits per heavy atom. The Bertz CT molecular complexity index is 1190. The van der Waals surface area contributed by atoms with E-state index < -0.39 is 17.7 Å². The van der Waals surface area contributed by atoms with Crippen molar-refractivity contribution < 1.29 is 19.4 Å². The van der Waals surface area contributed by atoms with Gasteiger partial charge in [0.25, 0.3) is 11.7 Å². The molecular formula is C24H19Cl2NO4S. The Kier molecular flexibility index (Phi) is 6.55. The monoisotopic (exact) mass is 487 g/mol. The predicted octanol–water partition coefficient (Wildman–Crippen LogP) is 6.08. The highest BCUT2D eigenvalue weighted by Gasteiger charge is 2.46.